The minimum absolute atomic E-state index is 0.0759. The number of anilines is 4. The Kier molecular flexibility index (Phi) is 7.11. The molecule has 0 aromatic heterocycles. The fraction of sp³-hybridized carbons (Fsp3) is 0.148. The van der Waals surface area contributed by atoms with Crippen molar-refractivity contribution < 1.29 is 14.4 Å². The SMILES string of the molecule is O=C(Nc1ccc(N2CCCC2)cc1)c1ccc(NC2=C(Cl)C(=O)N(c3ccc(Cl)c(Cl)c3)C2=O)cc1. The van der Waals surface area contributed by atoms with Crippen LogP contribution in [0.15, 0.2) is 77.5 Å². The minimum Gasteiger partial charge on any atom is -0.372 e. The Morgan fingerprint density at radius 3 is 2.00 bits per heavy atom. The Labute approximate surface area is 228 Å². The van der Waals surface area contributed by atoms with E-state index in [-0.39, 0.29) is 27.3 Å². The van der Waals surface area contributed by atoms with Crippen LogP contribution in [0.4, 0.5) is 22.7 Å². The van der Waals surface area contributed by atoms with Crippen LogP contribution < -0.4 is 20.4 Å². The van der Waals surface area contributed by atoms with Crippen LogP contribution in [0.2, 0.25) is 10.0 Å². The monoisotopic (exact) mass is 554 g/mol. The zero-order valence-electron chi connectivity index (χ0n) is 19.4. The number of amides is 3. The van der Waals surface area contributed by atoms with Crippen molar-refractivity contribution in [3.63, 3.8) is 0 Å². The third kappa shape index (κ3) is 5.16. The topological polar surface area (TPSA) is 81.8 Å². The minimum atomic E-state index is -0.681. The summed E-state index contributed by atoms with van der Waals surface area (Å²) in [5.41, 5.74) is 2.94. The highest BCUT2D eigenvalue weighted by Crippen LogP contribution is 2.33. The highest BCUT2D eigenvalue weighted by molar-refractivity contribution is 6.53. The smallest absolute Gasteiger partial charge is 0.283 e. The first kappa shape index (κ1) is 25.1. The van der Waals surface area contributed by atoms with Crippen molar-refractivity contribution in [2.24, 2.45) is 0 Å². The van der Waals surface area contributed by atoms with Crippen LogP contribution in [0, 0.1) is 0 Å². The molecule has 3 aromatic carbocycles. The standard InChI is InChI=1S/C27H21Cl3N4O3/c28-21-12-11-20(15-22(21)29)34-26(36)23(30)24(27(34)37)31-17-5-3-16(4-6-17)25(35)32-18-7-9-19(10-8-18)33-13-1-2-14-33/h3-12,15,31H,1-2,13-14H2,(H,32,35). The van der Waals surface area contributed by atoms with Gasteiger partial charge in [0.2, 0.25) is 0 Å². The number of carbonyl (C=O) groups is 3. The summed E-state index contributed by atoms with van der Waals surface area (Å²) in [5.74, 6) is -1.58. The lowest BCUT2D eigenvalue weighted by Gasteiger charge is -2.17. The first-order valence-corrected chi connectivity index (χ1v) is 12.7. The predicted molar refractivity (Wildman–Crippen MR) is 148 cm³/mol. The average molecular weight is 556 g/mol. The lowest BCUT2D eigenvalue weighted by molar-refractivity contribution is -0.120. The molecule has 0 unspecified atom stereocenters. The number of nitrogens with zero attached hydrogens (tertiary/aromatic N) is 2. The summed E-state index contributed by atoms with van der Waals surface area (Å²) >= 11 is 18.2. The molecule has 37 heavy (non-hydrogen) atoms. The molecule has 0 aliphatic carbocycles. The van der Waals surface area contributed by atoms with E-state index in [4.69, 9.17) is 34.8 Å². The summed E-state index contributed by atoms with van der Waals surface area (Å²) in [6, 6.07) is 18.7. The molecule has 3 amide bonds. The maximum absolute atomic E-state index is 13.0. The van der Waals surface area contributed by atoms with Crippen molar-refractivity contribution in [1.29, 1.82) is 0 Å². The molecule has 0 bridgehead atoms. The van der Waals surface area contributed by atoms with Crippen LogP contribution in [-0.4, -0.2) is 30.8 Å². The van der Waals surface area contributed by atoms with Gasteiger partial charge in [0.15, 0.2) is 0 Å². The van der Waals surface area contributed by atoms with Gasteiger partial charge >= 0.3 is 0 Å². The van der Waals surface area contributed by atoms with E-state index >= 15 is 0 Å². The number of imide groups is 1. The Balaban J connectivity index is 1.24. The van der Waals surface area contributed by atoms with Crippen molar-refractivity contribution >= 4 is 75.3 Å². The Hall–Kier alpha value is -3.52. The Morgan fingerprint density at radius 2 is 1.35 bits per heavy atom. The average Bonchev–Trinajstić information content (AvgIpc) is 3.51. The number of halogens is 3. The van der Waals surface area contributed by atoms with E-state index in [0.717, 1.165) is 23.7 Å². The van der Waals surface area contributed by atoms with Crippen LogP contribution in [-0.2, 0) is 9.59 Å². The van der Waals surface area contributed by atoms with E-state index in [1.807, 2.05) is 24.3 Å². The summed E-state index contributed by atoms with van der Waals surface area (Å²) in [7, 11) is 0. The largest absolute Gasteiger partial charge is 0.372 e. The van der Waals surface area contributed by atoms with Crippen molar-refractivity contribution in [1.82, 2.24) is 0 Å². The second kappa shape index (κ2) is 10.5. The van der Waals surface area contributed by atoms with Gasteiger partial charge in [-0.25, -0.2) is 4.90 Å². The van der Waals surface area contributed by atoms with E-state index < -0.39 is 11.8 Å². The lowest BCUT2D eigenvalue weighted by Crippen LogP contribution is -2.32. The van der Waals surface area contributed by atoms with Crippen LogP contribution in [0.5, 0.6) is 0 Å². The molecule has 10 heteroatoms. The van der Waals surface area contributed by atoms with Gasteiger partial charge < -0.3 is 15.5 Å². The summed E-state index contributed by atoms with van der Waals surface area (Å²) in [6.07, 6.45) is 2.40. The van der Waals surface area contributed by atoms with Gasteiger partial charge in [-0.1, -0.05) is 34.8 Å². The molecule has 7 nitrogen and oxygen atoms in total. The molecule has 0 radical (unpaired) electrons. The van der Waals surface area contributed by atoms with Gasteiger partial charge in [-0.15, -0.1) is 0 Å². The molecule has 1 saturated heterocycles. The molecule has 1 fully saturated rings. The summed E-state index contributed by atoms with van der Waals surface area (Å²) in [5, 5.41) is 6.02. The molecule has 0 saturated carbocycles. The van der Waals surface area contributed by atoms with Gasteiger partial charge in [0.25, 0.3) is 17.7 Å². The number of nitrogens with one attached hydrogen (secondary N) is 2. The van der Waals surface area contributed by atoms with Gasteiger partial charge in [0, 0.05) is 35.7 Å². The maximum Gasteiger partial charge on any atom is 0.283 e. The van der Waals surface area contributed by atoms with E-state index in [9.17, 15) is 14.4 Å². The molecule has 3 aromatic rings. The van der Waals surface area contributed by atoms with Gasteiger partial charge in [0.05, 0.1) is 15.7 Å². The Morgan fingerprint density at radius 1 is 0.730 bits per heavy atom. The van der Waals surface area contributed by atoms with Crippen molar-refractivity contribution in [3.05, 3.63) is 93.1 Å². The van der Waals surface area contributed by atoms with Crippen molar-refractivity contribution in [3.8, 4) is 0 Å². The quantitative estimate of drug-likeness (QED) is 0.350. The number of hydrogen-bond donors (Lipinski definition) is 2. The summed E-state index contributed by atoms with van der Waals surface area (Å²) < 4.78 is 0. The molecule has 2 heterocycles. The zero-order chi connectivity index (χ0) is 26.1. The van der Waals surface area contributed by atoms with E-state index in [0.29, 0.717) is 22.0 Å². The Bertz CT molecular complexity index is 1420. The van der Waals surface area contributed by atoms with E-state index in [2.05, 4.69) is 15.5 Å². The first-order chi connectivity index (χ1) is 17.8. The molecule has 0 spiro atoms. The fourth-order valence-electron chi connectivity index (χ4n) is 4.25. The zero-order valence-corrected chi connectivity index (χ0v) is 21.7. The molecular weight excluding hydrogens is 535 g/mol. The highest BCUT2D eigenvalue weighted by atomic mass is 35.5. The van der Waals surface area contributed by atoms with Gasteiger partial charge in [-0.3, -0.25) is 14.4 Å². The number of hydrogen-bond acceptors (Lipinski definition) is 5. The second-order valence-electron chi connectivity index (χ2n) is 8.63. The number of benzene rings is 3. The number of carbonyl (C=O) groups excluding carboxylic acids is 3. The summed E-state index contributed by atoms with van der Waals surface area (Å²) in [4.78, 5) is 41.6. The van der Waals surface area contributed by atoms with Crippen molar-refractivity contribution in [2.75, 3.05) is 33.5 Å². The molecule has 0 atom stereocenters. The third-order valence-electron chi connectivity index (χ3n) is 6.20. The molecule has 2 N–H and O–H groups in total. The van der Waals surface area contributed by atoms with Crippen LogP contribution in [0.3, 0.4) is 0 Å². The lowest BCUT2D eigenvalue weighted by atomic mass is 10.1. The van der Waals surface area contributed by atoms with E-state index in [1.165, 1.54) is 31.0 Å². The predicted octanol–water partition coefficient (Wildman–Crippen LogP) is 6.28. The third-order valence-corrected chi connectivity index (χ3v) is 7.29. The van der Waals surface area contributed by atoms with Gasteiger partial charge in [-0.05, 0) is 79.6 Å². The second-order valence-corrected chi connectivity index (χ2v) is 9.82. The molecular formula is C27H21Cl3N4O3. The van der Waals surface area contributed by atoms with Crippen LogP contribution in [0.25, 0.3) is 0 Å². The van der Waals surface area contributed by atoms with Crippen LogP contribution in [0.1, 0.15) is 23.2 Å². The van der Waals surface area contributed by atoms with Gasteiger partial charge in [-0.2, -0.15) is 0 Å². The fourth-order valence-corrected chi connectivity index (χ4v) is 4.76. The van der Waals surface area contributed by atoms with E-state index in [1.54, 1.807) is 24.3 Å². The molecule has 2 aliphatic heterocycles. The normalized spacial score (nSPS) is 15.5. The molecule has 5 rings (SSSR count). The highest BCUT2D eigenvalue weighted by Gasteiger charge is 2.39. The van der Waals surface area contributed by atoms with Gasteiger partial charge in [0.1, 0.15) is 10.7 Å². The number of rotatable bonds is 6. The van der Waals surface area contributed by atoms with Crippen LogP contribution >= 0.6 is 34.8 Å². The maximum atomic E-state index is 13.0. The molecule has 188 valence electrons. The first-order valence-electron chi connectivity index (χ1n) is 11.6. The molecule has 2 aliphatic rings. The summed E-state index contributed by atoms with van der Waals surface area (Å²) in [6.45, 7) is 2.11. The van der Waals surface area contributed by atoms with Crippen molar-refractivity contribution in [2.45, 2.75) is 12.8 Å².